The summed E-state index contributed by atoms with van der Waals surface area (Å²) in [6.07, 6.45) is 2.36. The summed E-state index contributed by atoms with van der Waals surface area (Å²) in [4.78, 5) is 0. The van der Waals surface area contributed by atoms with E-state index in [0.29, 0.717) is 0 Å². The highest BCUT2D eigenvalue weighted by Crippen LogP contribution is 2.37. The molecule has 2 heterocycles. The first kappa shape index (κ1) is 10.4. The Balaban J connectivity index is 1.95. The van der Waals surface area contributed by atoms with Crippen LogP contribution < -0.4 is 5.32 Å². The van der Waals surface area contributed by atoms with Crippen molar-refractivity contribution in [3.05, 3.63) is 0 Å². The van der Waals surface area contributed by atoms with Crippen LogP contribution in [0.3, 0.4) is 0 Å². The second kappa shape index (κ2) is 3.47. The van der Waals surface area contributed by atoms with Gasteiger partial charge < -0.3 is 5.32 Å². The molecule has 2 aliphatic heterocycles. The second-order valence-corrected chi connectivity index (χ2v) is 6.71. The first-order valence-corrected chi connectivity index (χ1v) is 6.87. The topological polar surface area (TPSA) is 49.4 Å². The van der Waals surface area contributed by atoms with Gasteiger partial charge in [-0.3, -0.25) is 0 Å². The van der Waals surface area contributed by atoms with Crippen LogP contribution in [-0.4, -0.2) is 44.7 Å². The van der Waals surface area contributed by atoms with Crippen LogP contribution in [0.25, 0.3) is 0 Å². The third-order valence-corrected chi connectivity index (χ3v) is 5.12. The average molecular weight is 218 g/mol. The van der Waals surface area contributed by atoms with Gasteiger partial charge in [0.1, 0.15) is 0 Å². The molecule has 0 atom stereocenters. The van der Waals surface area contributed by atoms with E-state index < -0.39 is 10.0 Å². The van der Waals surface area contributed by atoms with Crippen molar-refractivity contribution in [2.45, 2.75) is 19.8 Å². The van der Waals surface area contributed by atoms with Crippen molar-refractivity contribution in [1.29, 1.82) is 0 Å². The molecule has 4 nitrogen and oxygen atoms in total. The summed E-state index contributed by atoms with van der Waals surface area (Å²) in [5, 5.41) is 3.35. The van der Waals surface area contributed by atoms with E-state index in [4.69, 9.17) is 0 Å². The quantitative estimate of drug-likeness (QED) is 0.711. The highest BCUT2D eigenvalue weighted by atomic mass is 32.2. The molecule has 14 heavy (non-hydrogen) atoms. The zero-order valence-electron chi connectivity index (χ0n) is 8.62. The highest BCUT2D eigenvalue weighted by Gasteiger charge is 2.47. The number of hydrogen-bond donors (Lipinski definition) is 1. The number of hydrogen-bond acceptors (Lipinski definition) is 3. The molecule has 0 radical (unpaired) electrons. The molecule has 0 bridgehead atoms. The van der Waals surface area contributed by atoms with Gasteiger partial charge in [-0.1, -0.05) is 0 Å². The molecule has 1 spiro atoms. The Bertz CT molecular complexity index is 299. The fourth-order valence-corrected chi connectivity index (χ4v) is 3.69. The van der Waals surface area contributed by atoms with Gasteiger partial charge in [-0.15, -0.1) is 0 Å². The van der Waals surface area contributed by atoms with E-state index in [1.165, 1.54) is 12.8 Å². The maximum Gasteiger partial charge on any atom is 0.213 e. The van der Waals surface area contributed by atoms with Crippen molar-refractivity contribution in [1.82, 2.24) is 9.62 Å². The molecule has 0 aromatic rings. The van der Waals surface area contributed by atoms with Crippen LogP contribution in [0.4, 0.5) is 0 Å². The van der Waals surface area contributed by atoms with Crippen molar-refractivity contribution in [2.75, 3.05) is 31.9 Å². The molecular formula is C9H18N2O2S. The molecule has 2 saturated heterocycles. The zero-order valence-corrected chi connectivity index (χ0v) is 9.44. The third-order valence-electron chi connectivity index (χ3n) is 3.34. The summed E-state index contributed by atoms with van der Waals surface area (Å²) in [6.45, 7) is 5.25. The normalized spacial score (nSPS) is 27.5. The first-order valence-electron chi connectivity index (χ1n) is 5.27. The second-order valence-electron chi connectivity index (χ2n) is 4.45. The van der Waals surface area contributed by atoms with Gasteiger partial charge in [0.25, 0.3) is 0 Å². The van der Waals surface area contributed by atoms with Crippen LogP contribution in [0.5, 0.6) is 0 Å². The van der Waals surface area contributed by atoms with Gasteiger partial charge in [0.05, 0.1) is 5.75 Å². The van der Waals surface area contributed by atoms with Gasteiger partial charge in [-0.05, 0) is 26.3 Å². The van der Waals surface area contributed by atoms with Gasteiger partial charge in [-0.2, -0.15) is 0 Å². The predicted octanol–water partition coefficient (Wildman–Crippen LogP) is 0.0215. The minimum Gasteiger partial charge on any atom is -0.316 e. The Labute approximate surface area is 85.7 Å². The Morgan fingerprint density at radius 1 is 1.43 bits per heavy atom. The zero-order chi connectivity index (χ0) is 10.2. The van der Waals surface area contributed by atoms with Crippen molar-refractivity contribution < 1.29 is 8.42 Å². The maximum absolute atomic E-state index is 11.5. The van der Waals surface area contributed by atoms with E-state index in [1.54, 1.807) is 11.2 Å². The molecule has 2 aliphatic rings. The summed E-state index contributed by atoms with van der Waals surface area (Å²) in [7, 11) is -2.93. The fourth-order valence-electron chi connectivity index (χ4n) is 2.38. The standard InChI is InChI=1S/C9H18N2O2S/c1-2-14(12,13)11-7-9(8-11)4-3-5-10-6-9/h10H,2-8H2,1H3. The van der Waals surface area contributed by atoms with Crippen LogP contribution in [0, 0.1) is 5.41 Å². The maximum atomic E-state index is 11.5. The van der Waals surface area contributed by atoms with Crippen LogP contribution in [0.15, 0.2) is 0 Å². The van der Waals surface area contributed by atoms with Crippen molar-refractivity contribution in [3.8, 4) is 0 Å². The largest absolute Gasteiger partial charge is 0.316 e. The van der Waals surface area contributed by atoms with E-state index in [0.717, 1.165) is 26.2 Å². The molecule has 1 N–H and O–H groups in total. The lowest BCUT2D eigenvalue weighted by Crippen LogP contribution is -2.63. The smallest absolute Gasteiger partial charge is 0.213 e. The van der Waals surface area contributed by atoms with Gasteiger partial charge >= 0.3 is 0 Å². The predicted molar refractivity (Wildman–Crippen MR) is 55.6 cm³/mol. The van der Waals surface area contributed by atoms with E-state index in [1.807, 2.05) is 0 Å². The molecule has 0 unspecified atom stereocenters. The Kier molecular flexibility index (Phi) is 2.57. The average Bonchev–Trinajstić information content (AvgIpc) is 2.15. The van der Waals surface area contributed by atoms with Crippen molar-refractivity contribution >= 4 is 10.0 Å². The summed E-state index contributed by atoms with van der Waals surface area (Å²) in [5.74, 6) is 0.233. The summed E-state index contributed by atoms with van der Waals surface area (Å²) >= 11 is 0. The SMILES string of the molecule is CCS(=O)(=O)N1CC2(CCCNC2)C1. The molecule has 0 aromatic carbocycles. The van der Waals surface area contributed by atoms with E-state index >= 15 is 0 Å². The molecule has 0 saturated carbocycles. The van der Waals surface area contributed by atoms with E-state index in [2.05, 4.69) is 5.32 Å². The van der Waals surface area contributed by atoms with Gasteiger partial charge in [-0.25, -0.2) is 12.7 Å². The lowest BCUT2D eigenvalue weighted by Gasteiger charge is -2.51. The third kappa shape index (κ3) is 1.68. The van der Waals surface area contributed by atoms with Crippen LogP contribution in [0.1, 0.15) is 19.8 Å². The number of nitrogens with one attached hydrogen (secondary N) is 1. The minimum absolute atomic E-state index is 0.233. The Morgan fingerprint density at radius 2 is 2.14 bits per heavy atom. The number of rotatable bonds is 2. The van der Waals surface area contributed by atoms with Crippen LogP contribution in [0.2, 0.25) is 0 Å². The Morgan fingerprint density at radius 3 is 2.64 bits per heavy atom. The summed E-state index contributed by atoms with van der Waals surface area (Å²) < 4.78 is 24.7. The molecule has 5 heteroatoms. The van der Waals surface area contributed by atoms with Crippen molar-refractivity contribution in [2.24, 2.45) is 5.41 Å². The Hall–Kier alpha value is -0.130. The number of sulfonamides is 1. The van der Waals surface area contributed by atoms with Crippen LogP contribution >= 0.6 is 0 Å². The van der Waals surface area contributed by atoms with Crippen molar-refractivity contribution in [3.63, 3.8) is 0 Å². The lowest BCUT2D eigenvalue weighted by atomic mass is 9.75. The van der Waals surface area contributed by atoms with Gasteiger partial charge in [0, 0.05) is 25.0 Å². The first-order chi connectivity index (χ1) is 6.58. The molecule has 2 fully saturated rings. The highest BCUT2D eigenvalue weighted by molar-refractivity contribution is 7.89. The monoisotopic (exact) mass is 218 g/mol. The number of piperidine rings is 1. The minimum atomic E-state index is -2.93. The number of nitrogens with zero attached hydrogens (tertiary/aromatic N) is 1. The van der Waals surface area contributed by atoms with Gasteiger partial charge in [0.15, 0.2) is 0 Å². The van der Waals surface area contributed by atoms with E-state index in [9.17, 15) is 8.42 Å². The molecule has 0 aliphatic carbocycles. The molecule has 0 aromatic heterocycles. The van der Waals surface area contributed by atoms with Crippen LogP contribution in [-0.2, 0) is 10.0 Å². The molecule has 82 valence electrons. The molecular weight excluding hydrogens is 200 g/mol. The van der Waals surface area contributed by atoms with E-state index in [-0.39, 0.29) is 11.2 Å². The lowest BCUT2D eigenvalue weighted by molar-refractivity contribution is 0.0436. The fraction of sp³-hybridized carbons (Fsp3) is 1.00. The molecule has 0 amide bonds. The molecule has 2 rings (SSSR count). The summed E-state index contributed by atoms with van der Waals surface area (Å²) in [5.41, 5.74) is 0.264. The summed E-state index contributed by atoms with van der Waals surface area (Å²) in [6, 6.07) is 0. The van der Waals surface area contributed by atoms with Gasteiger partial charge in [0.2, 0.25) is 10.0 Å².